The van der Waals surface area contributed by atoms with Crippen molar-refractivity contribution in [1.29, 1.82) is 0 Å². The number of aliphatic hydroxyl groups is 1. The van der Waals surface area contributed by atoms with Crippen LogP contribution in [0.25, 0.3) is 17.1 Å². The van der Waals surface area contributed by atoms with Crippen LogP contribution in [0.15, 0.2) is 23.8 Å². The standard InChI is InChI=1S/C27H36N2O2/c1-18-6-9-25-22(14-18)23-17-28(2)24-5-3-4-21(24)26(23)29(25)16-20(19-7-8-19)15-27(30)10-12-31-13-11-27/h6,9,14,16,19,21,24,30H,3-5,7-8,10-13,15,17H2,1-2H3/b20-16-. The first kappa shape index (κ1) is 20.0. The Labute approximate surface area is 185 Å². The molecule has 31 heavy (non-hydrogen) atoms. The molecule has 2 aliphatic heterocycles. The van der Waals surface area contributed by atoms with E-state index >= 15 is 0 Å². The molecular formula is C27H36N2O2. The number of aryl methyl sites for hydroxylation is 1. The van der Waals surface area contributed by atoms with Gasteiger partial charge in [0, 0.05) is 49.0 Å². The highest BCUT2D eigenvalue weighted by Crippen LogP contribution is 2.48. The summed E-state index contributed by atoms with van der Waals surface area (Å²) < 4.78 is 8.11. The number of rotatable bonds is 4. The molecule has 2 unspecified atom stereocenters. The van der Waals surface area contributed by atoms with Crippen LogP contribution in [0, 0.1) is 12.8 Å². The van der Waals surface area contributed by atoms with Gasteiger partial charge in [0.2, 0.25) is 0 Å². The molecule has 2 atom stereocenters. The third-order valence-corrected chi connectivity index (χ3v) is 8.46. The number of hydrogen-bond donors (Lipinski definition) is 1. The number of fused-ring (bicyclic) bond motifs is 5. The van der Waals surface area contributed by atoms with E-state index in [1.165, 1.54) is 54.1 Å². The first-order valence-electron chi connectivity index (χ1n) is 12.4. The Balaban J connectivity index is 1.49. The minimum atomic E-state index is -0.595. The molecule has 1 saturated heterocycles. The number of hydrogen-bond acceptors (Lipinski definition) is 3. The Morgan fingerprint density at radius 3 is 2.77 bits per heavy atom. The number of ether oxygens (including phenoxy) is 1. The highest BCUT2D eigenvalue weighted by Gasteiger charge is 2.41. The fourth-order valence-electron chi connectivity index (χ4n) is 6.60. The van der Waals surface area contributed by atoms with E-state index in [0.717, 1.165) is 25.8 Å². The van der Waals surface area contributed by atoms with Crippen LogP contribution in [0.2, 0.25) is 0 Å². The van der Waals surface area contributed by atoms with Crippen molar-refractivity contribution < 1.29 is 9.84 Å². The molecule has 1 aromatic carbocycles. The fourth-order valence-corrected chi connectivity index (χ4v) is 6.60. The van der Waals surface area contributed by atoms with Gasteiger partial charge in [-0.15, -0.1) is 0 Å². The van der Waals surface area contributed by atoms with Crippen molar-refractivity contribution in [3.8, 4) is 0 Å². The molecule has 4 heteroatoms. The maximum Gasteiger partial charge on any atom is 0.0729 e. The summed E-state index contributed by atoms with van der Waals surface area (Å²) in [5.41, 5.74) is 6.67. The zero-order chi connectivity index (χ0) is 21.2. The number of nitrogens with zero attached hydrogens (tertiary/aromatic N) is 2. The molecule has 0 amide bonds. The monoisotopic (exact) mass is 420 g/mol. The van der Waals surface area contributed by atoms with E-state index in [0.29, 0.717) is 31.1 Å². The number of benzene rings is 1. The van der Waals surface area contributed by atoms with E-state index < -0.39 is 5.60 Å². The van der Waals surface area contributed by atoms with Crippen molar-refractivity contribution in [3.63, 3.8) is 0 Å². The van der Waals surface area contributed by atoms with Crippen LogP contribution in [0.3, 0.4) is 0 Å². The second-order valence-corrected chi connectivity index (χ2v) is 10.8. The summed E-state index contributed by atoms with van der Waals surface area (Å²) in [6.07, 6.45) is 11.3. The Bertz CT molecular complexity index is 1030. The van der Waals surface area contributed by atoms with E-state index in [1.54, 1.807) is 11.3 Å². The van der Waals surface area contributed by atoms with Crippen molar-refractivity contribution in [2.75, 3.05) is 20.3 Å². The minimum absolute atomic E-state index is 0.595. The predicted molar refractivity (Wildman–Crippen MR) is 125 cm³/mol. The van der Waals surface area contributed by atoms with Gasteiger partial charge in [-0.05, 0) is 88.1 Å². The molecule has 3 fully saturated rings. The summed E-state index contributed by atoms with van der Waals surface area (Å²) in [6.45, 7) is 4.63. The Morgan fingerprint density at radius 2 is 2.00 bits per heavy atom. The van der Waals surface area contributed by atoms with E-state index in [9.17, 15) is 5.11 Å². The summed E-state index contributed by atoms with van der Waals surface area (Å²) in [5.74, 6) is 1.28. The van der Waals surface area contributed by atoms with Crippen LogP contribution in [0.5, 0.6) is 0 Å². The van der Waals surface area contributed by atoms with Crippen LogP contribution < -0.4 is 0 Å². The lowest BCUT2D eigenvalue weighted by Gasteiger charge is -2.36. The van der Waals surface area contributed by atoms with E-state index in [2.05, 4.69) is 47.8 Å². The Morgan fingerprint density at radius 1 is 1.19 bits per heavy atom. The first-order chi connectivity index (χ1) is 15.0. The van der Waals surface area contributed by atoms with Crippen LogP contribution in [-0.4, -0.2) is 46.5 Å². The largest absolute Gasteiger partial charge is 0.389 e. The molecule has 2 aliphatic carbocycles. The highest BCUT2D eigenvalue weighted by molar-refractivity contribution is 5.89. The van der Waals surface area contributed by atoms with Gasteiger partial charge in [0.1, 0.15) is 0 Å². The molecule has 4 aliphatic rings. The van der Waals surface area contributed by atoms with E-state index in [-0.39, 0.29) is 0 Å². The topological polar surface area (TPSA) is 37.6 Å². The average molecular weight is 421 g/mol. The van der Waals surface area contributed by atoms with Crippen molar-refractivity contribution in [3.05, 3.63) is 40.6 Å². The summed E-state index contributed by atoms with van der Waals surface area (Å²) >= 11 is 0. The smallest absolute Gasteiger partial charge is 0.0729 e. The molecule has 1 N–H and O–H groups in total. The lowest BCUT2D eigenvalue weighted by molar-refractivity contribution is -0.0629. The molecule has 0 radical (unpaired) electrons. The molecule has 166 valence electrons. The maximum absolute atomic E-state index is 11.3. The predicted octanol–water partition coefficient (Wildman–Crippen LogP) is 5.21. The van der Waals surface area contributed by atoms with Crippen LogP contribution in [0.1, 0.15) is 74.1 Å². The van der Waals surface area contributed by atoms with Gasteiger partial charge in [0.25, 0.3) is 0 Å². The van der Waals surface area contributed by atoms with Gasteiger partial charge in [-0.3, -0.25) is 4.90 Å². The fraction of sp³-hybridized carbons (Fsp3) is 0.630. The molecule has 2 aromatic rings. The van der Waals surface area contributed by atoms with Gasteiger partial charge in [-0.25, -0.2) is 0 Å². The Hall–Kier alpha value is -1.62. The van der Waals surface area contributed by atoms with Gasteiger partial charge in [-0.2, -0.15) is 0 Å². The molecule has 6 rings (SSSR count). The lowest BCUT2D eigenvalue weighted by Crippen LogP contribution is -2.38. The molecule has 3 heterocycles. The van der Waals surface area contributed by atoms with Crippen molar-refractivity contribution >= 4 is 17.1 Å². The molecule has 1 aromatic heterocycles. The van der Waals surface area contributed by atoms with Gasteiger partial charge in [-0.1, -0.05) is 18.1 Å². The quantitative estimate of drug-likeness (QED) is 0.737. The number of likely N-dealkylation sites (N-methyl/N-ethyl adjacent to an activating group) is 1. The second kappa shape index (κ2) is 7.47. The molecular weight excluding hydrogens is 384 g/mol. The summed E-state index contributed by atoms with van der Waals surface area (Å²) in [5, 5.41) is 12.7. The average Bonchev–Trinajstić information content (AvgIpc) is 3.40. The minimum Gasteiger partial charge on any atom is -0.389 e. The van der Waals surface area contributed by atoms with Gasteiger partial charge in [0.15, 0.2) is 0 Å². The van der Waals surface area contributed by atoms with E-state index in [4.69, 9.17) is 4.74 Å². The summed E-state index contributed by atoms with van der Waals surface area (Å²) in [4.78, 5) is 2.60. The summed E-state index contributed by atoms with van der Waals surface area (Å²) in [7, 11) is 2.32. The maximum atomic E-state index is 11.3. The summed E-state index contributed by atoms with van der Waals surface area (Å²) in [6, 6.07) is 7.66. The zero-order valence-electron chi connectivity index (χ0n) is 19.1. The number of aromatic nitrogens is 1. The van der Waals surface area contributed by atoms with Crippen LogP contribution in [-0.2, 0) is 11.3 Å². The Kier molecular flexibility index (Phi) is 4.82. The van der Waals surface area contributed by atoms with Crippen LogP contribution in [0.4, 0.5) is 0 Å². The van der Waals surface area contributed by atoms with Crippen molar-refractivity contribution in [2.24, 2.45) is 5.92 Å². The normalized spacial score (nSPS) is 28.7. The molecule has 2 saturated carbocycles. The second-order valence-electron chi connectivity index (χ2n) is 10.8. The molecule has 0 bridgehead atoms. The third-order valence-electron chi connectivity index (χ3n) is 8.46. The molecule has 4 nitrogen and oxygen atoms in total. The van der Waals surface area contributed by atoms with Gasteiger partial charge < -0.3 is 14.4 Å². The van der Waals surface area contributed by atoms with Crippen molar-refractivity contribution in [2.45, 2.75) is 82.4 Å². The zero-order valence-corrected chi connectivity index (χ0v) is 19.1. The van der Waals surface area contributed by atoms with Gasteiger partial charge >= 0.3 is 0 Å². The van der Waals surface area contributed by atoms with Crippen LogP contribution >= 0.6 is 0 Å². The molecule has 0 spiro atoms. The van der Waals surface area contributed by atoms with Crippen molar-refractivity contribution in [1.82, 2.24) is 9.47 Å². The SMILES string of the molecule is Cc1ccc2c(c1)c1c(n2/C=C(/CC2(O)CCOCC2)C2CC2)C2CCCC2N(C)C1. The third kappa shape index (κ3) is 3.48. The van der Waals surface area contributed by atoms with Gasteiger partial charge in [0.05, 0.1) is 11.1 Å². The van der Waals surface area contributed by atoms with E-state index in [1.807, 2.05) is 0 Å². The lowest BCUT2D eigenvalue weighted by atomic mass is 9.86. The first-order valence-corrected chi connectivity index (χ1v) is 12.4. The highest BCUT2D eigenvalue weighted by atomic mass is 16.5.